The lowest BCUT2D eigenvalue weighted by molar-refractivity contribution is 0.275. The van der Waals surface area contributed by atoms with Crippen LogP contribution in [0.5, 0.6) is 5.75 Å². The third-order valence-electron chi connectivity index (χ3n) is 2.60. The van der Waals surface area contributed by atoms with Gasteiger partial charge in [-0.15, -0.1) is 0 Å². The van der Waals surface area contributed by atoms with Gasteiger partial charge in [-0.1, -0.05) is 0 Å². The number of ether oxygens (including phenoxy) is 1. The molecule has 0 aliphatic carbocycles. The molecule has 0 saturated carbocycles. The second-order valence-corrected chi connectivity index (χ2v) is 3.88. The Bertz CT molecular complexity index is 337. The number of aryl methyl sites for hydroxylation is 1. The van der Waals surface area contributed by atoms with Gasteiger partial charge < -0.3 is 10.1 Å². The van der Waals surface area contributed by atoms with Crippen LogP contribution in [-0.4, -0.2) is 24.2 Å². The second-order valence-electron chi connectivity index (χ2n) is 3.88. The Hall–Kier alpha value is -1.16. The van der Waals surface area contributed by atoms with Crippen molar-refractivity contribution in [2.75, 3.05) is 13.2 Å². The van der Waals surface area contributed by atoms with Crippen molar-refractivity contribution in [1.82, 2.24) is 10.3 Å². The summed E-state index contributed by atoms with van der Waals surface area (Å²) < 4.78 is 18.4. The molecule has 1 aliphatic rings. The number of hydrogen-bond donors (Lipinski definition) is 1. The predicted molar refractivity (Wildman–Crippen MR) is 55.5 cm³/mol. The first kappa shape index (κ1) is 10.4. The van der Waals surface area contributed by atoms with Gasteiger partial charge >= 0.3 is 0 Å². The van der Waals surface area contributed by atoms with Crippen LogP contribution in [0.1, 0.15) is 18.4 Å². The van der Waals surface area contributed by atoms with Crippen molar-refractivity contribution < 1.29 is 9.13 Å². The lowest BCUT2D eigenvalue weighted by atomic mass is 10.2. The highest BCUT2D eigenvalue weighted by molar-refractivity contribution is 5.23. The van der Waals surface area contributed by atoms with E-state index in [4.69, 9.17) is 4.74 Å². The van der Waals surface area contributed by atoms with Gasteiger partial charge in [0.15, 0.2) is 0 Å². The van der Waals surface area contributed by atoms with E-state index in [1.807, 2.05) is 0 Å². The molecule has 1 fully saturated rings. The average molecular weight is 210 g/mol. The summed E-state index contributed by atoms with van der Waals surface area (Å²) in [6.07, 6.45) is 3.78. The van der Waals surface area contributed by atoms with E-state index in [0.29, 0.717) is 24.0 Å². The van der Waals surface area contributed by atoms with E-state index in [1.165, 1.54) is 12.6 Å². The van der Waals surface area contributed by atoms with E-state index >= 15 is 0 Å². The smallest absolute Gasteiger partial charge is 0.215 e. The van der Waals surface area contributed by atoms with Gasteiger partial charge in [0.05, 0.1) is 6.20 Å². The number of halogens is 1. The van der Waals surface area contributed by atoms with E-state index in [2.05, 4.69) is 10.3 Å². The number of hydrogen-bond acceptors (Lipinski definition) is 3. The number of rotatable bonds is 3. The van der Waals surface area contributed by atoms with Crippen LogP contribution in [0.15, 0.2) is 12.3 Å². The fourth-order valence-electron chi connectivity index (χ4n) is 1.71. The van der Waals surface area contributed by atoms with Crippen molar-refractivity contribution in [2.45, 2.75) is 25.8 Å². The molecule has 0 amide bonds. The average Bonchev–Trinajstić information content (AvgIpc) is 2.73. The third-order valence-corrected chi connectivity index (χ3v) is 2.60. The van der Waals surface area contributed by atoms with Crippen LogP contribution in [-0.2, 0) is 0 Å². The summed E-state index contributed by atoms with van der Waals surface area (Å²) in [6.45, 7) is 3.38. The van der Waals surface area contributed by atoms with E-state index in [1.54, 1.807) is 13.0 Å². The molecule has 3 nitrogen and oxygen atoms in total. The molecule has 2 rings (SSSR count). The van der Waals surface area contributed by atoms with Crippen molar-refractivity contribution in [2.24, 2.45) is 0 Å². The van der Waals surface area contributed by atoms with Crippen LogP contribution in [0, 0.1) is 12.9 Å². The number of pyridine rings is 1. The summed E-state index contributed by atoms with van der Waals surface area (Å²) in [5.41, 5.74) is 0.520. The van der Waals surface area contributed by atoms with E-state index in [0.717, 1.165) is 13.0 Å². The van der Waals surface area contributed by atoms with Crippen LogP contribution >= 0.6 is 0 Å². The monoisotopic (exact) mass is 210 g/mol. The first-order valence-electron chi connectivity index (χ1n) is 5.24. The summed E-state index contributed by atoms with van der Waals surface area (Å²) in [6, 6.07) is 2.10. The molecule has 1 N–H and O–H groups in total. The first-order valence-corrected chi connectivity index (χ1v) is 5.24. The summed E-state index contributed by atoms with van der Waals surface area (Å²) in [5.74, 6) is 0.212. The molecular formula is C11H15FN2O. The number of nitrogens with one attached hydrogen (secondary N) is 1. The van der Waals surface area contributed by atoms with E-state index in [-0.39, 0.29) is 0 Å². The zero-order chi connectivity index (χ0) is 10.7. The Balaban J connectivity index is 1.90. The molecule has 1 aromatic rings. The fourth-order valence-corrected chi connectivity index (χ4v) is 1.71. The van der Waals surface area contributed by atoms with Gasteiger partial charge in [-0.25, -0.2) is 4.98 Å². The first-order chi connectivity index (χ1) is 7.25. The molecule has 0 radical (unpaired) electrons. The zero-order valence-electron chi connectivity index (χ0n) is 8.79. The quantitative estimate of drug-likeness (QED) is 0.770. The van der Waals surface area contributed by atoms with Crippen LogP contribution in [0.4, 0.5) is 4.39 Å². The molecule has 15 heavy (non-hydrogen) atoms. The van der Waals surface area contributed by atoms with Crippen LogP contribution in [0.25, 0.3) is 0 Å². The minimum Gasteiger partial charge on any atom is -0.490 e. The van der Waals surface area contributed by atoms with E-state index in [9.17, 15) is 4.39 Å². The maximum absolute atomic E-state index is 12.9. The molecule has 1 aromatic heterocycles. The van der Waals surface area contributed by atoms with Gasteiger partial charge in [0, 0.05) is 11.6 Å². The Morgan fingerprint density at radius 1 is 1.67 bits per heavy atom. The van der Waals surface area contributed by atoms with Crippen LogP contribution < -0.4 is 10.1 Å². The van der Waals surface area contributed by atoms with Crippen molar-refractivity contribution in [3.05, 3.63) is 23.8 Å². The lowest BCUT2D eigenvalue weighted by Crippen LogP contribution is -2.28. The largest absolute Gasteiger partial charge is 0.490 e. The fraction of sp³-hybridized carbons (Fsp3) is 0.545. The maximum Gasteiger partial charge on any atom is 0.215 e. The maximum atomic E-state index is 12.9. The molecule has 1 saturated heterocycles. The molecule has 0 spiro atoms. The van der Waals surface area contributed by atoms with Crippen molar-refractivity contribution >= 4 is 0 Å². The third kappa shape index (κ3) is 2.65. The predicted octanol–water partition coefficient (Wildman–Crippen LogP) is 1.66. The van der Waals surface area contributed by atoms with Crippen LogP contribution in [0.2, 0.25) is 0 Å². The zero-order valence-corrected chi connectivity index (χ0v) is 8.79. The topological polar surface area (TPSA) is 34.1 Å². The highest BCUT2D eigenvalue weighted by Gasteiger charge is 2.14. The van der Waals surface area contributed by atoms with Gasteiger partial charge in [-0.2, -0.15) is 4.39 Å². The van der Waals surface area contributed by atoms with Crippen LogP contribution in [0.3, 0.4) is 0 Å². The molecule has 0 aromatic carbocycles. The van der Waals surface area contributed by atoms with Gasteiger partial charge in [0.25, 0.3) is 0 Å². The molecular weight excluding hydrogens is 195 g/mol. The standard InChI is InChI=1S/C11H15FN2O/c1-8-5-10(6-14-11(8)12)15-7-9-3-2-4-13-9/h5-6,9,13H,2-4,7H2,1H3/t9-/m0/s1. The highest BCUT2D eigenvalue weighted by atomic mass is 19.1. The van der Waals surface area contributed by atoms with E-state index < -0.39 is 5.95 Å². The number of nitrogens with zero attached hydrogens (tertiary/aromatic N) is 1. The van der Waals surface area contributed by atoms with Gasteiger partial charge in [0.2, 0.25) is 5.95 Å². The molecule has 4 heteroatoms. The van der Waals surface area contributed by atoms with Crippen molar-refractivity contribution in [3.8, 4) is 5.75 Å². The van der Waals surface area contributed by atoms with Gasteiger partial charge in [-0.3, -0.25) is 0 Å². The number of aromatic nitrogens is 1. The van der Waals surface area contributed by atoms with Crippen molar-refractivity contribution in [1.29, 1.82) is 0 Å². The minimum atomic E-state index is -0.429. The minimum absolute atomic E-state index is 0.426. The second kappa shape index (κ2) is 4.57. The molecule has 1 atom stereocenters. The molecule has 1 aliphatic heterocycles. The molecule has 0 bridgehead atoms. The lowest BCUT2D eigenvalue weighted by Gasteiger charge is -2.12. The van der Waals surface area contributed by atoms with Crippen molar-refractivity contribution in [3.63, 3.8) is 0 Å². The molecule has 82 valence electrons. The van der Waals surface area contributed by atoms with Gasteiger partial charge in [-0.05, 0) is 32.4 Å². The Morgan fingerprint density at radius 3 is 3.20 bits per heavy atom. The Labute approximate surface area is 88.7 Å². The SMILES string of the molecule is Cc1cc(OC[C@@H]2CCCN2)cnc1F. The Kier molecular flexibility index (Phi) is 3.16. The highest BCUT2D eigenvalue weighted by Crippen LogP contribution is 2.14. The molecule has 2 heterocycles. The summed E-state index contributed by atoms with van der Waals surface area (Å²) in [7, 11) is 0. The summed E-state index contributed by atoms with van der Waals surface area (Å²) >= 11 is 0. The normalized spacial score (nSPS) is 20.5. The summed E-state index contributed by atoms with van der Waals surface area (Å²) in [4.78, 5) is 3.61. The summed E-state index contributed by atoms with van der Waals surface area (Å²) in [5, 5.41) is 3.33. The Morgan fingerprint density at radius 2 is 2.53 bits per heavy atom. The van der Waals surface area contributed by atoms with Gasteiger partial charge in [0.1, 0.15) is 12.4 Å². The molecule has 0 unspecified atom stereocenters.